The number of carbonyl (C=O) groups excluding carboxylic acids is 1. The van der Waals surface area contributed by atoms with Gasteiger partial charge in [0, 0.05) is 30.9 Å². The highest BCUT2D eigenvalue weighted by atomic mass is 16.2. The molecule has 1 N–H and O–H groups in total. The van der Waals surface area contributed by atoms with Gasteiger partial charge in [-0.15, -0.1) is 0 Å². The van der Waals surface area contributed by atoms with Crippen LogP contribution >= 0.6 is 0 Å². The SMILES string of the molecule is O=C(c1n[nH]c2ccccc12)N(CCc1ccccc1)Cc1cccnc1. The predicted molar refractivity (Wildman–Crippen MR) is 105 cm³/mol. The standard InChI is InChI=1S/C22H20N4O/c27-22(21-19-10-4-5-11-20(19)24-25-21)26(16-18-9-6-13-23-15-18)14-12-17-7-2-1-3-8-17/h1-11,13,15H,12,14,16H2,(H,24,25). The van der Waals surface area contributed by atoms with Crippen LogP contribution in [0.15, 0.2) is 79.1 Å². The van der Waals surface area contributed by atoms with E-state index in [1.807, 2.05) is 59.5 Å². The highest BCUT2D eigenvalue weighted by Crippen LogP contribution is 2.18. The van der Waals surface area contributed by atoms with Gasteiger partial charge in [-0.3, -0.25) is 14.9 Å². The number of nitrogens with zero attached hydrogens (tertiary/aromatic N) is 3. The summed E-state index contributed by atoms with van der Waals surface area (Å²) in [5, 5.41) is 8.08. The van der Waals surface area contributed by atoms with Crippen LogP contribution in [-0.4, -0.2) is 32.5 Å². The summed E-state index contributed by atoms with van der Waals surface area (Å²) < 4.78 is 0. The Kier molecular flexibility index (Phi) is 4.92. The molecule has 27 heavy (non-hydrogen) atoms. The molecule has 0 aliphatic rings. The normalized spacial score (nSPS) is 10.8. The van der Waals surface area contributed by atoms with Gasteiger partial charge in [-0.05, 0) is 29.7 Å². The number of H-pyrrole nitrogens is 1. The van der Waals surface area contributed by atoms with E-state index in [0.717, 1.165) is 22.9 Å². The number of nitrogens with one attached hydrogen (secondary N) is 1. The lowest BCUT2D eigenvalue weighted by Gasteiger charge is -2.22. The fraction of sp³-hybridized carbons (Fsp3) is 0.136. The quantitative estimate of drug-likeness (QED) is 0.571. The Labute approximate surface area is 157 Å². The van der Waals surface area contributed by atoms with Gasteiger partial charge < -0.3 is 4.90 Å². The Morgan fingerprint density at radius 3 is 2.52 bits per heavy atom. The first-order valence-electron chi connectivity index (χ1n) is 8.96. The van der Waals surface area contributed by atoms with Gasteiger partial charge in [0.25, 0.3) is 5.91 Å². The number of pyridine rings is 1. The second kappa shape index (κ2) is 7.83. The van der Waals surface area contributed by atoms with Gasteiger partial charge in [-0.2, -0.15) is 5.10 Å². The van der Waals surface area contributed by atoms with Gasteiger partial charge in [0.05, 0.1) is 5.52 Å². The Morgan fingerprint density at radius 2 is 1.70 bits per heavy atom. The number of para-hydroxylation sites is 1. The molecule has 0 atom stereocenters. The van der Waals surface area contributed by atoms with Crippen molar-refractivity contribution in [1.82, 2.24) is 20.1 Å². The highest BCUT2D eigenvalue weighted by molar-refractivity contribution is 6.04. The molecule has 2 heterocycles. The molecule has 2 aromatic heterocycles. The van der Waals surface area contributed by atoms with Crippen LogP contribution in [0.1, 0.15) is 21.6 Å². The van der Waals surface area contributed by atoms with E-state index in [9.17, 15) is 4.79 Å². The molecule has 2 aromatic carbocycles. The number of amides is 1. The van der Waals surface area contributed by atoms with E-state index in [0.29, 0.717) is 18.8 Å². The molecule has 5 heteroatoms. The molecule has 0 radical (unpaired) electrons. The summed E-state index contributed by atoms with van der Waals surface area (Å²) in [6, 6.07) is 21.8. The molecule has 0 fully saturated rings. The van der Waals surface area contributed by atoms with Gasteiger partial charge in [0.2, 0.25) is 0 Å². The molecular formula is C22H20N4O. The predicted octanol–water partition coefficient (Wildman–Crippen LogP) is 3.84. The summed E-state index contributed by atoms with van der Waals surface area (Å²) >= 11 is 0. The minimum absolute atomic E-state index is 0.0766. The van der Waals surface area contributed by atoms with Crippen molar-refractivity contribution in [3.05, 3.63) is 95.9 Å². The molecule has 0 saturated carbocycles. The average molecular weight is 356 g/mol. The fourth-order valence-electron chi connectivity index (χ4n) is 3.15. The van der Waals surface area contributed by atoms with E-state index in [1.54, 1.807) is 12.4 Å². The summed E-state index contributed by atoms with van der Waals surface area (Å²) in [6.45, 7) is 1.11. The average Bonchev–Trinajstić information content (AvgIpc) is 3.16. The summed E-state index contributed by atoms with van der Waals surface area (Å²) in [4.78, 5) is 19.3. The summed E-state index contributed by atoms with van der Waals surface area (Å²) in [5.74, 6) is -0.0766. The van der Waals surface area contributed by atoms with Crippen molar-refractivity contribution in [2.24, 2.45) is 0 Å². The molecule has 0 unspecified atom stereocenters. The first-order chi connectivity index (χ1) is 13.3. The van der Waals surface area contributed by atoms with Crippen molar-refractivity contribution >= 4 is 16.8 Å². The van der Waals surface area contributed by atoms with Crippen molar-refractivity contribution in [2.45, 2.75) is 13.0 Å². The fourth-order valence-corrected chi connectivity index (χ4v) is 3.15. The van der Waals surface area contributed by atoms with Crippen LogP contribution in [0.4, 0.5) is 0 Å². The first-order valence-corrected chi connectivity index (χ1v) is 8.96. The van der Waals surface area contributed by atoms with Crippen LogP contribution in [0.2, 0.25) is 0 Å². The molecule has 0 aliphatic heterocycles. The molecule has 4 rings (SSSR count). The van der Waals surface area contributed by atoms with Crippen molar-refractivity contribution in [3.63, 3.8) is 0 Å². The highest BCUT2D eigenvalue weighted by Gasteiger charge is 2.21. The Morgan fingerprint density at radius 1 is 0.926 bits per heavy atom. The second-order valence-corrected chi connectivity index (χ2v) is 6.44. The van der Waals surface area contributed by atoms with Gasteiger partial charge >= 0.3 is 0 Å². The Balaban J connectivity index is 1.60. The van der Waals surface area contributed by atoms with Crippen molar-refractivity contribution in [1.29, 1.82) is 0 Å². The third-order valence-electron chi connectivity index (χ3n) is 4.57. The van der Waals surface area contributed by atoms with Gasteiger partial charge in [-0.1, -0.05) is 54.6 Å². The maximum Gasteiger partial charge on any atom is 0.275 e. The minimum atomic E-state index is -0.0766. The second-order valence-electron chi connectivity index (χ2n) is 6.44. The first kappa shape index (κ1) is 17.0. The summed E-state index contributed by atoms with van der Waals surface area (Å²) in [5.41, 5.74) is 3.53. The molecule has 0 bridgehead atoms. The number of rotatable bonds is 6. The molecule has 5 nitrogen and oxygen atoms in total. The van der Waals surface area contributed by atoms with Crippen molar-refractivity contribution in [3.8, 4) is 0 Å². The van der Waals surface area contributed by atoms with Gasteiger partial charge in [-0.25, -0.2) is 0 Å². The van der Waals surface area contributed by atoms with Crippen LogP contribution in [0.3, 0.4) is 0 Å². The van der Waals surface area contributed by atoms with E-state index in [2.05, 4.69) is 27.3 Å². The molecular weight excluding hydrogens is 336 g/mol. The molecule has 1 amide bonds. The molecule has 134 valence electrons. The topological polar surface area (TPSA) is 61.9 Å². The minimum Gasteiger partial charge on any atom is -0.333 e. The Hall–Kier alpha value is -3.47. The van der Waals surface area contributed by atoms with Crippen LogP contribution in [-0.2, 0) is 13.0 Å². The molecule has 0 saturated heterocycles. The van der Waals surface area contributed by atoms with E-state index >= 15 is 0 Å². The molecule has 0 spiro atoms. The van der Waals surface area contributed by atoms with Gasteiger partial charge in [0.15, 0.2) is 5.69 Å². The third-order valence-corrected chi connectivity index (χ3v) is 4.57. The Bertz CT molecular complexity index is 1030. The lowest BCUT2D eigenvalue weighted by molar-refractivity contribution is 0.0741. The zero-order valence-corrected chi connectivity index (χ0v) is 14.9. The number of hydrogen-bond donors (Lipinski definition) is 1. The van der Waals surface area contributed by atoms with E-state index in [1.165, 1.54) is 5.56 Å². The number of hydrogen-bond acceptors (Lipinski definition) is 3. The number of aromatic nitrogens is 3. The number of carbonyl (C=O) groups is 1. The maximum absolute atomic E-state index is 13.3. The summed E-state index contributed by atoms with van der Waals surface area (Å²) in [7, 11) is 0. The molecule has 4 aromatic rings. The molecule has 0 aliphatic carbocycles. The lowest BCUT2D eigenvalue weighted by Crippen LogP contribution is -2.33. The summed E-state index contributed by atoms with van der Waals surface area (Å²) in [6.07, 6.45) is 4.32. The zero-order valence-electron chi connectivity index (χ0n) is 14.9. The van der Waals surface area contributed by atoms with Crippen LogP contribution in [0, 0.1) is 0 Å². The zero-order chi connectivity index (χ0) is 18.5. The smallest absolute Gasteiger partial charge is 0.275 e. The maximum atomic E-state index is 13.3. The van der Waals surface area contributed by atoms with E-state index in [4.69, 9.17) is 0 Å². The largest absolute Gasteiger partial charge is 0.333 e. The number of benzene rings is 2. The van der Waals surface area contributed by atoms with Crippen molar-refractivity contribution in [2.75, 3.05) is 6.54 Å². The lowest BCUT2D eigenvalue weighted by atomic mass is 10.1. The van der Waals surface area contributed by atoms with Crippen LogP contribution in [0.25, 0.3) is 10.9 Å². The third kappa shape index (κ3) is 3.87. The van der Waals surface area contributed by atoms with Gasteiger partial charge in [0.1, 0.15) is 0 Å². The number of aromatic amines is 1. The number of fused-ring (bicyclic) bond motifs is 1. The van der Waals surface area contributed by atoms with Crippen molar-refractivity contribution < 1.29 is 4.79 Å². The monoisotopic (exact) mass is 356 g/mol. The van der Waals surface area contributed by atoms with Crippen LogP contribution in [0.5, 0.6) is 0 Å². The van der Waals surface area contributed by atoms with Crippen LogP contribution < -0.4 is 0 Å². The van der Waals surface area contributed by atoms with E-state index in [-0.39, 0.29) is 5.91 Å². The van der Waals surface area contributed by atoms with E-state index < -0.39 is 0 Å².